The molecule has 2 aliphatic carbocycles. The monoisotopic (exact) mass is 378 g/mol. The zero-order chi connectivity index (χ0) is 19.2. The Balaban J connectivity index is 2.18. The zero-order valence-electron chi connectivity index (χ0n) is 17.2. The Kier molecular flexibility index (Phi) is 7.55. The molecule has 0 aliphatic heterocycles. The molecule has 1 aromatic carbocycles. The van der Waals surface area contributed by atoms with E-state index in [1.54, 1.807) is 0 Å². The van der Waals surface area contributed by atoms with E-state index in [1.165, 1.54) is 38.5 Å². The first kappa shape index (κ1) is 20.6. The molecule has 0 N–H and O–H groups in total. The van der Waals surface area contributed by atoms with E-state index in [4.69, 9.17) is 4.74 Å². The lowest BCUT2D eigenvalue weighted by molar-refractivity contribution is 0.282. The third-order valence-corrected chi connectivity index (χ3v) is 6.49. The van der Waals surface area contributed by atoms with Crippen molar-refractivity contribution in [2.45, 2.75) is 109 Å². The van der Waals surface area contributed by atoms with Gasteiger partial charge in [-0.1, -0.05) is 58.8 Å². The summed E-state index contributed by atoms with van der Waals surface area (Å²) in [6.07, 6.45) is 13.9. The lowest BCUT2D eigenvalue weighted by Gasteiger charge is -2.33. The van der Waals surface area contributed by atoms with E-state index in [2.05, 4.69) is 6.92 Å². The van der Waals surface area contributed by atoms with Crippen LogP contribution in [0.4, 0.5) is 8.78 Å². The predicted octanol–water partition coefficient (Wildman–Crippen LogP) is 7.80. The van der Waals surface area contributed by atoms with Gasteiger partial charge in [0.25, 0.3) is 0 Å². The smallest absolute Gasteiger partial charge is 0.201 e. The molecule has 2 saturated carbocycles. The van der Waals surface area contributed by atoms with Gasteiger partial charge < -0.3 is 4.74 Å². The Morgan fingerprint density at radius 1 is 0.741 bits per heavy atom. The quantitative estimate of drug-likeness (QED) is 0.470. The molecule has 1 nitrogen and oxygen atoms in total. The number of halogens is 2. The molecule has 0 aromatic heterocycles. The van der Waals surface area contributed by atoms with Crippen LogP contribution in [0, 0.1) is 11.6 Å². The van der Waals surface area contributed by atoms with Crippen molar-refractivity contribution in [3.8, 4) is 5.75 Å². The maximum Gasteiger partial charge on any atom is 0.201 e. The van der Waals surface area contributed by atoms with E-state index in [0.29, 0.717) is 30.4 Å². The van der Waals surface area contributed by atoms with Crippen LogP contribution in [-0.2, 0) is 6.42 Å². The normalized spacial score (nSPS) is 19.4. The van der Waals surface area contributed by atoms with Crippen LogP contribution in [0.2, 0.25) is 0 Å². The van der Waals surface area contributed by atoms with Gasteiger partial charge in [0.15, 0.2) is 11.6 Å². The fourth-order valence-electron chi connectivity index (χ4n) is 5.25. The standard InChI is InChI=1S/C24H36F2O/c1-3-11-19-20(17-12-7-5-8-13-17)21(18-14-9-6-10-15-18)24(27-16-4-2)23(26)22(19)25/h17-18H,3-16H2,1-2H3. The lowest BCUT2D eigenvalue weighted by Crippen LogP contribution is -2.19. The highest BCUT2D eigenvalue weighted by Gasteiger charge is 2.34. The molecule has 3 heteroatoms. The molecule has 0 heterocycles. The second-order valence-electron chi connectivity index (χ2n) is 8.53. The second-order valence-corrected chi connectivity index (χ2v) is 8.53. The van der Waals surface area contributed by atoms with Crippen molar-refractivity contribution >= 4 is 0 Å². The van der Waals surface area contributed by atoms with E-state index in [1.807, 2.05) is 6.92 Å². The summed E-state index contributed by atoms with van der Waals surface area (Å²) in [7, 11) is 0. The first-order valence-electron chi connectivity index (χ1n) is 11.3. The Bertz CT molecular complexity index is 614. The average Bonchev–Trinajstić information content (AvgIpc) is 2.72. The fourth-order valence-corrected chi connectivity index (χ4v) is 5.25. The summed E-state index contributed by atoms with van der Waals surface area (Å²) in [5.74, 6) is -0.415. The van der Waals surface area contributed by atoms with Crippen LogP contribution < -0.4 is 4.74 Å². The van der Waals surface area contributed by atoms with Crippen LogP contribution in [0.1, 0.15) is 119 Å². The summed E-state index contributed by atoms with van der Waals surface area (Å²) < 4.78 is 36.3. The molecule has 0 saturated heterocycles. The van der Waals surface area contributed by atoms with Crippen molar-refractivity contribution in [1.29, 1.82) is 0 Å². The van der Waals surface area contributed by atoms with Gasteiger partial charge in [0.05, 0.1) is 6.61 Å². The van der Waals surface area contributed by atoms with Crippen molar-refractivity contribution in [3.05, 3.63) is 28.3 Å². The molecular weight excluding hydrogens is 342 g/mol. The van der Waals surface area contributed by atoms with Gasteiger partial charge in [-0.3, -0.25) is 0 Å². The second kappa shape index (κ2) is 9.89. The first-order chi connectivity index (χ1) is 13.2. The number of hydrogen-bond acceptors (Lipinski definition) is 1. The number of rotatable bonds is 7. The third-order valence-electron chi connectivity index (χ3n) is 6.49. The summed E-state index contributed by atoms with van der Waals surface area (Å²) in [4.78, 5) is 0. The Morgan fingerprint density at radius 2 is 1.30 bits per heavy atom. The molecule has 0 amide bonds. The van der Waals surface area contributed by atoms with Gasteiger partial charge in [0.1, 0.15) is 0 Å². The van der Waals surface area contributed by atoms with Crippen LogP contribution in [0.3, 0.4) is 0 Å². The summed E-state index contributed by atoms with van der Waals surface area (Å²) in [5.41, 5.74) is 2.86. The Hall–Kier alpha value is -1.12. The van der Waals surface area contributed by atoms with Gasteiger partial charge in [0, 0.05) is 5.56 Å². The fraction of sp³-hybridized carbons (Fsp3) is 0.750. The number of ether oxygens (including phenoxy) is 1. The average molecular weight is 379 g/mol. The van der Waals surface area contributed by atoms with Crippen LogP contribution in [-0.4, -0.2) is 6.61 Å². The minimum absolute atomic E-state index is 0.252. The third kappa shape index (κ3) is 4.49. The molecule has 0 atom stereocenters. The van der Waals surface area contributed by atoms with Gasteiger partial charge in [0.2, 0.25) is 5.82 Å². The highest BCUT2D eigenvalue weighted by molar-refractivity contribution is 5.51. The Labute approximate surface area is 163 Å². The molecule has 0 radical (unpaired) electrons. The summed E-state index contributed by atoms with van der Waals surface area (Å²) in [6.45, 7) is 4.53. The largest absolute Gasteiger partial charge is 0.490 e. The maximum absolute atomic E-state index is 15.2. The van der Waals surface area contributed by atoms with Gasteiger partial charge in [-0.25, -0.2) is 4.39 Å². The molecule has 0 bridgehead atoms. The molecule has 2 fully saturated rings. The molecule has 0 spiro atoms. The van der Waals surface area contributed by atoms with Crippen molar-refractivity contribution in [2.24, 2.45) is 0 Å². The molecule has 27 heavy (non-hydrogen) atoms. The molecule has 0 unspecified atom stereocenters. The van der Waals surface area contributed by atoms with Crippen molar-refractivity contribution in [3.63, 3.8) is 0 Å². The molecule has 1 aromatic rings. The van der Waals surface area contributed by atoms with E-state index in [-0.39, 0.29) is 5.75 Å². The number of benzene rings is 1. The predicted molar refractivity (Wildman–Crippen MR) is 108 cm³/mol. The summed E-state index contributed by atoms with van der Waals surface area (Å²) >= 11 is 0. The van der Waals surface area contributed by atoms with Crippen molar-refractivity contribution < 1.29 is 13.5 Å². The highest BCUT2D eigenvalue weighted by atomic mass is 19.2. The molecule has 152 valence electrons. The highest BCUT2D eigenvalue weighted by Crippen LogP contribution is 2.48. The molecule has 3 rings (SSSR count). The number of hydrogen-bond donors (Lipinski definition) is 0. The van der Waals surface area contributed by atoms with E-state index in [9.17, 15) is 0 Å². The summed E-state index contributed by atoms with van der Waals surface area (Å²) in [5, 5.41) is 0. The minimum Gasteiger partial charge on any atom is -0.490 e. The summed E-state index contributed by atoms with van der Waals surface area (Å²) in [6, 6.07) is 0. The van der Waals surface area contributed by atoms with E-state index >= 15 is 8.78 Å². The van der Waals surface area contributed by atoms with Crippen LogP contribution in [0.25, 0.3) is 0 Å². The van der Waals surface area contributed by atoms with E-state index in [0.717, 1.165) is 49.7 Å². The lowest BCUT2D eigenvalue weighted by atomic mass is 9.73. The van der Waals surface area contributed by atoms with Crippen molar-refractivity contribution in [1.82, 2.24) is 0 Å². The van der Waals surface area contributed by atoms with Crippen LogP contribution in [0.15, 0.2) is 0 Å². The van der Waals surface area contributed by atoms with Gasteiger partial charge >= 0.3 is 0 Å². The topological polar surface area (TPSA) is 9.23 Å². The van der Waals surface area contributed by atoms with Gasteiger partial charge in [-0.15, -0.1) is 0 Å². The van der Waals surface area contributed by atoms with Gasteiger partial charge in [-0.05, 0) is 61.5 Å². The Morgan fingerprint density at radius 3 is 1.81 bits per heavy atom. The minimum atomic E-state index is -0.730. The van der Waals surface area contributed by atoms with Gasteiger partial charge in [-0.2, -0.15) is 4.39 Å². The van der Waals surface area contributed by atoms with E-state index < -0.39 is 11.6 Å². The molecule has 2 aliphatic rings. The molecular formula is C24H36F2O. The van der Waals surface area contributed by atoms with Crippen molar-refractivity contribution in [2.75, 3.05) is 6.61 Å². The SMILES string of the molecule is CCCOc1c(F)c(F)c(CCC)c(C2CCCCC2)c1C1CCCCC1. The first-order valence-corrected chi connectivity index (χ1v) is 11.3. The maximum atomic E-state index is 15.2. The van der Waals surface area contributed by atoms with Crippen LogP contribution >= 0.6 is 0 Å². The van der Waals surface area contributed by atoms with Crippen LogP contribution in [0.5, 0.6) is 5.75 Å². The zero-order valence-corrected chi connectivity index (χ0v) is 17.2.